The fourth-order valence-corrected chi connectivity index (χ4v) is 2.20. The van der Waals surface area contributed by atoms with Crippen LogP contribution in [0, 0.1) is 0 Å². The fourth-order valence-electron chi connectivity index (χ4n) is 1.79. The Balaban J connectivity index is 2.09. The minimum absolute atomic E-state index is 0.0352. The summed E-state index contributed by atoms with van der Waals surface area (Å²) in [6, 6.07) is 9.84. The SMILES string of the molecule is COc1ccc(C(N)Cc2cncc(Br)c2)cc1. The molecule has 2 rings (SSSR count). The molecule has 0 saturated heterocycles. The first-order valence-electron chi connectivity index (χ1n) is 5.68. The first kappa shape index (κ1) is 13.1. The van der Waals surface area contributed by atoms with Crippen LogP contribution in [0.15, 0.2) is 47.2 Å². The van der Waals surface area contributed by atoms with Crippen LogP contribution in [0.1, 0.15) is 17.2 Å². The second-order valence-corrected chi connectivity index (χ2v) is 5.01. The lowest BCUT2D eigenvalue weighted by Gasteiger charge is -2.12. The normalized spacial score (nSPS) is 12.2. The largest absolute Gasteiger partial charge is 0.497 e. The van der Waals surface area contributed by atoms with E-state index in [1.807, 2.05) is 36.5 Å². The van der Waals surface area contributed by atoms with Crippen LogP contribution in [-0.4, -0.2) is 12.1 Å². The van der Waals surface area contributed by atoms with Gasteiger partial charge in [0.05, 0.1) is 7.11 Å². The van der Waals surface area contributed by atoms with E-state index in [2.05, 4.69) is 20.9 Å². The molecule has 0 aliphatic rings. The van der Waals surface area contributed by atoms with Crippen LogP contribution in [0.5, 0.6) is 5.75 Å². The van der Waals surface area contributed by atoms with Crippen molar-refractivity contribution in [3.63, 3.8) is 0 Å². The average Bonchev–Trinajstić information content (AvgIpc) is 2.39. The molecule has 0 bridgehead atoms. The number of benzene rings is 1. The lowest BCUT2D eigenvalue weighted by Crippen LogP contribution is -2.13. The minimum Gasteiger partial charge on any atom is -0.497 e. The topological polar surface area (TPSA) is 48.1 Å². The Morgan fingerprint density at radius 2 is 2.00 bits per heavy atom. The molecule has 1 atom stereocenters. The predicted octanol–water partition coefficient (Wildman–Crippen LogP) is 3.10. The highest BCUT2D eigenvalue weighted by Crippen LogP contribution is 2.20. The maximum Gasteiger partial charge on any atom is 0.118 e. The van der Waals surface area contributed by atoms with Gasteiger partial charge in [-0.05, 0) is 51.7 Å². The van der Waals surface area contributed by atoms with Crippen molar-refractivity contribution in [1.82, 2.24) is 4.98 Å². The van der Waals surface area contributed by atoms with E-state index in [0.29, 0.717) is 0 Å². The third kappa shape index (κ3) is 3.31. The number of nitrogens with zero attached hydrogens (tertiary/aromatic N) is 1. The maximum atomic E-state index is 6.18. The average molecular weight is 307 g/mol. The van der Waals surface area contributed by atoms with Crippen LogP contribution in [0.3, 0.4) is 0 Å². The number of hydrogen-bond acceptors (Lipinski definition) is 3. The summed E-state index contributed by atoms with van der Waals surface area (Å²) < 4.78 is 6.10. The fraction of sp³-hybridized carbons (Fsp3) is 0.214. The van der Waals surface area contributed by atoms with Crippen molar-refractivity contribution < 1.29 is 4.74 Å². The van der Waals surface area contributed by atoms with E-state index in [1.54, 1.807) is 13.3 Å². The summed E-state index contributed by atoms with van der Waals surface area (Å²) >= 11 is 3.41. The molecule has 0 spiro atoms. The number of hydrogen-bond donors (Lipinski definition) is 1. The predicted molar refractivity (Wildman–Crippen MR) is 75.6 cm³/mol. The molecule has 1 heterocycles. The standard InChI is InChI=1S/C14H15BrN2O/c1-18-13-4-2-11(3-5-13)14(16)7-10-6-12(15)9-17-8-10/h2-6,8-9,14H,7,16H2,1H3. The van der Waals surface area contributed by atoms with Crippen molar-refractivity contribution >= 4 is 15.9 Å². The first-order valence-corrected chi connectivity index (χ1v) is 6.47. The van der Waals surface area contributed by atoms with Crippen molar-refractivity contribution in [2.24, 2.45) is 5.73 Å². The zero-order valence-electron chi connectivity index (χ0n) is 10.1. The second-order valence-electron chi connectivity index (χ2n) is 4.10. The van der Waals surface area contributed by atoms with Crippen LogP contribution in [-0.2, 0) is 6.42 Å². The van der Waals surface area contributed by atoms with Gasteiger partial charge in [-0.25, -0.2) is 0 Å². The van der Waals surface area contributed by atoms with Gasteiger partial charge in [0.2, 0.25) is 0 Å². The highest BCUT2D eigenvalue weighted by atomic mass is 79.9. The van der Waals surface area contributed by atoms with Gasteiger partial charge in [-0.15, -0.1) is 0 Å². The molecule has 2 N–H and O–H groups in total. The lowest BCUT2D eigenvalue weighted by molar-refractivity contribution is 0.414. The van der Waals surface area contributed by atoms with Gasteiger partial charge in [-0.1, -0.05) is 12.1 Å². The van der Waals surface area contributed by atoms with Gasteiger partial charge in [-0.3, -0.25) is 4.98 Å². The number of rotatable bonds is 4. The highest BCUT2D eigenvalue weighted by Gasteiger charge is 2.07. The molecule has 1 aromatic heterocycles. The van der Waals surface area contributed by atoms with Gasteiger partial charge in [0.15, 0.2) is 0 Å². The Labute approximate surface area is 115 Å². The Hall–Kier alpha value is -1.39. The molecule has 18 heavy (non-hydrogen) atoms. The lowest BCUT2D eigenvalue weighted by atomic mass is 10.0. The summed E-state index contributed by atoms with van der Waals surface area (Å²) in [5.74, 6) is 0.843. The van der Waals surface area contributed by atoms with Gasteiger partial charge in [-0.2, -0.15) is 0 Å². The van der Waals surface area contributed by atoms with Crippen molar-refractivity contribution in [3.05, 3.63) is 58.3 Å². The Bertz CT molecular complexity index is 513. The number of pyridine rings is 1. The van der Waals surface area contributed by atoms with Crippen molar-refractivity contribution in [2.75, 3.05) is 7.11 Å². The van der Waals surface area contributed by atoms with E-state index in [-0.39, 0.29) is 6.04 Å². The molecular formula is C14H15BrN2O. The molecule has 4 heteroatoms. The Morgan fingerprint density at radius 3 is 2.61 bits per heavy atom. The minimum atomic E-state index is -0.0352. The van der Waals surface area contributed by atoms with E-state index in [9.17, 15) is 0 Å². The molecule has 2 aromatic rings. The molecular weight excluding hydrogens is 292 g/mol. The van der Waals surface area contributed by atoms with Crippen molar-refractivity contribution in [3.8, 4) is 5.75 Å². The van der Waals surface area contributed by atoms with Gasteiger partial charge in [0, 0.05) is 22.9 Å². The van der Waals surface area contributed by atoms with Crippen molar-refractivity contribution in [2.45, 2.75) is 12.5 Å². The zero-order chi connectivity index (χ0) is 13.0. The summed E-state index contributed by atoms with van der Waals surface area (Å²) in [5, 5.41) is 0. The quantitative estimate of drug-likeness (QED) is 0.944. The summed E-state index contributed by atoms with van der Waals surface area (Å²) in [6.07, 6.45) is 4.37. The van der Waals surface area contributed by atoms with Crippen molar-refractivity contribution in [1.29, 1.82) is 0 Å². The molecule has 0 aliphatic heterocycles. The van der Waals surface area contributed by atoms with Crippen LogP contribution >= 0.6 is 15.9 Å². The Morgan fingerprint density at radius 1 is 1.28 bits per heavy atom. The molecule has 1 aromatic carbocycles. The number of ether oxygens (including phenoxy) is 1. The van der Waals surface area contributed by atoms with E-state index in [0.717, 1.165) is 27.8 Å². The third-order valence-corrected chi connectivity index (χ3v) is 3.19. The van der Waals surface area contributed by atoms with E-state index >= 15 is 0 Å². The molecule has 0 fully saturated rings. The molecule has 1 unspecified atom stereocenters. The van der Waals surface area contributed by atoms with Gasteiger partial charge < -0.3 is 10.5 Å². The van der Waals surface area contributed by atoms with Crippen LogP contribution in [0.4, 0.5) is 0 Å². The summed E-state index contributed by atoms with van der Waals surface area (Å²) in [7, 11) is 1.65. The first-order chi connectivity index (χ1) is 8.69. The van der Waals surface area contributed by atoms with Gasteiger partial charge in [0.25, 0.3) is 0 Å². The summed E-state index contributed by atoms with van der Waals surface area (Å²) in [5.41, 5.74) is 8.40. The maximum absolute atomic E-state index is 6.18. The molecule has 3 nitrogen and oxygen atoms in total. The third-order valence-electron chi connectivity index (χ3n) is 2.76. The monoisotopic (exact) mass is 306 g/mol. The molecule has 0 aliphatic carbocycles. The zero-order valence-corrected chi connectivity index (χ0v) is 11.7. The Kier molecular flexibility index (Phi) is 4.33. The second kappa shape index (κ2) is 5.98. The molecule has 0 amide bonds. The number of methoxy groups -OCH3 is 1. The molecule has 94 valence electrons. The molecule has 0 saturated carbocycles. The highest BCUT2D eigenvalue weighted by molar-refractivity contribution is 9.10. The van der Waals surface area contributed by atoms with Crippen LogP contribution < -0.4 is 10.5 Å². The van der Waals surface area contributed by atoms with Gasteiger partial charge in [0.1, 0.15) is 5.75 Å². The summed E-state index contributed by atoms with van der Waals surface area (Å²) in [4.78, 5) is 4.14. The summed E-state index contributed by atoms with van der Waals surface area (Å²) in [6.45, 7) is 0. The van der Waals surface area contributed by atoms with E-state index in [1.165, 1.54) is 0 Å². The van der Waals surface area contributed by atoms with Gasteiger partial charge >= 0.3 is 0 Å². The number of aromatic nitrogens is 1. The van der Waals surface area contributed by atoms with Crippen LogP contribution in [0.2, 0.25) is 0 Å². The van der Waals surface area contributed by atoms with E-state index in [4.69, 9.17) is 10.5 Å². The smallest absolute Gasteiger partial charge is 0.118 e. The number of halogens is 1. The number of nitrogens with two attached hydrogens (primary N) is 1. The van der Waals surface area contributed by atoms with Crippen LogP contribution in [0.25, 0.3) is 0 Å². The van der Waals surface area contributed by atoms with E-state index < -0.39 is 0 Å². The molecule has 0 radical (unpaired) electrons.